The summed E-state index contributed by atoms with van der Waals surface area (Å²) in [4.78, 5) is 0. The molecule has 0 bridgehead atoms. The molecule has 0 unspecified atom stereocenters. The summed E-state index contributed by atoms with van der Waals surface area (Å²) in [5, 5.41) is 14.5. The molecular weight excluding hydrogens is 192 g/mol. The first-order valence-electron chi connectivity index (χ1n) is 2.84. The van der Waals surface area contributed by atoms with Crippen LogP contribution in [0.25, 0.3) is 0 Å². The quantitative estimate of drug-likeness (QED) is 0.562. The Morgan fingerprint density at radius 2 is 1.70 bits per heavy atom. The smallest absolute Gasteiger partial charge is 0.0800 e. The van der Waals surface area contributed by atoms with Crippen molar-refractivity contribution in [1.82, 2.24) is 0 Å². The van der Waals surface area contributed by atoms with Crippen molar-refractivity contribution >= 4 is 27.4 Å². The Balaban J connectivity index is 3.06. The maximum atomic E-state index is 7.25. The third kappa shape index (κ3) is 1.24. The van der Waals surface area contributed by atoms with Gasteiger partial charge in [-0.05, 0) is 24.6 Å². The van der Waals surface area contributed by atoms with Crippen LogP contribution >= 0.6 is 15.9 Å². The van der Waals surface area contributed by atoms with Crippen molar-refractivity contribution in [2.24, 2.45) is 0 Å². The highest BCUT2D eigenvalue weighted by atomic mass is 79.9. The lowest BCUT2D eigenvalue weighted by molar-refractivity contribution is 1.44. The topological polar surface area (TPSA) is 47.7 Å². The molecule has 0 spiro atoms. The summed E-state index contributed by atoms with van der Waals surface area (Å²) in [7, 11) is 0. The van der Waals surface area contributed by atoms with Crippen LogP contribution < -0.4 is 0 Å². The molecule has 0 aromatic rings. The zero-order valence-electron chi connectivity index (χ0n) is 5.53. The lowest BCUT2D eigenvalue weighted by Crippen LogP contribution is -2.10. The summed E-state index contributed by atoms with van der Waals surface area (Å²) in [6, 6.07) is 0. The minimum absolute atomic E-state index is 0.262. The fourth-order valence-electron chi connectivity index (χ4n) is 0.682. The number of allylic oxidation sites excluding steroid dienone is 4. The van der Waals surface area contributed by atoms with Crippen molar-refractivity contribution in [3.63, 3.8) is 0 Å². The van der Waals surface area contributed by atoms with E-state index in [-0.39, 0.29) is 11.4 Å². The van der Waals surface area contributed by atoms with Crippen LogP contribution in [0.15, 0.2) is 22.2 Å². The van der Waals surface area contributed by atoms with Crippen LogP contribution in [-0.4, -0.2) is 11.4 Å². The van der Waals surface area contributed by atoms with Gasteiger partial charge in [0.2, 0.25) is 0 Å². The van der Waals surface area contributed by atoms with Crippen molar-refractivity contribution in [2.45, 2.75) is 6.92 Å². The molecular formula is C7H7BrN2. The van der Waals surface area contributed by atoms with E-state index in [0.717, 1.165) is 10.1 Å². The molecule has 2 nitrogen and oxygen atoms in total. The normalized spacial score (nSPS) is 18.6. The molecule has 2 N–H and O–H groups in total. The number of nitrogens with one attached hydrogen (secondary N) is 2. The third-order valence-electron chi connectivity index (χ3n) is 1.30. The molecule has 0 heterocycles. The molecule has 0 aromatic carbocycles. The second kappa shape index (κ2) is 2.50. The predicted octanol–water partition coefficient (Wildman–Crippen LogP) is 2.26. The van der Waals surface area contributed by atoms with Crippen LogP contribution in [0.2, 0.25) is 0 Å². The first-order chi connectivity index (χ1) is 4.61. The largest absolute Gasteiger partial charge is 0.299 e. The second-order valence-corrected chi connectivity index (χ2v) is 3.00. The van der Waals surface area contributed by atoms with Crippen molar-refractivity contribution in [3.05, 3.63) is 22.2 Å². The Labute approximate surface area is 67.8 Å². The molecule has 0 aromatic heterocycles. The highest BCUT2D eigenvalue weighted by molar-refractivity contribution is 9.12. The molecule has 1 aliphatic carbocycles. The number of halogens is 1. The molecule has 1 aliphatic rings. The maximum Gasteiger partial charge on any atom is 0.0800 e. The minimum Gasteiger partial charge on any atom is -0.299 e. The van der Waals surface area contributed by atoms with Crippen molar-refractivity contribution in [3.8, 4) is 0 Å². The van der Waals surface area contributed by atoms with E-state index in [1.54, 1.807) is 12.2 Å². The number of rotatable bonds is 0. The predicted molar refractivity (Wildman–Crippen MR) is 46.2 cm³/mol. The van der Waals surface area contributed by atoms with E-state index in [1.807, 2.05) is 6.92 Å². The van der Waals surface area contributed by atoms with Gasteiger partial charge in [-0.3, -0.25) is 10.8 Å². The van der Waals surface area contributed by atoms with Gasteiger partial charge in [0, 0.05) is 4.48 Å². The van der Waals surface area contributed by atoms with E-state index in [4.69, 9.17) is 10.8 Å². The first kappa shape index (κ1) is 7.41. The fraction of sp³-hybridized carbons (Fsp3) is 0.143. The van der Waals surface area contributed by atoms with Gasteiger partial charge < -0.3 is 0 Å². The Morgan fingerprint density at radius 1 is 1.20 bits per heavy atom. The van der Waals surface area contributed by atoms with Crippen LogP contribution in [0.1, 0.15) is 6.92 Å². The van der Waals surface area contributed by atoms with Gasteiger partial charge in [-0.15, -0.1) is 0 Å². The zero-order chi connectivity index (χ0) is 7.72. The molecule has 52 valence electrons. The van der Waals surface area contributed by atoms with E-state index in [9.17, 15) is 0 Å². The molecule has 10 heavy (non-hydrogen) atoms. The van der Waals surface area contributed by atoms with Crippen molar-refractivity contribution in [2.75, 3.05) is 0 Å². The molecule has 0 fully saturated rings. The van der Waals surface area contributed by atoms with Crippen LogP contribution in [0.4, 0.5) is 0 Å². The summed E-state index contributed by atoms with van der Waals surface area (Å²) in [5.41, 5.74) is 1.54. The summed E-state index contributed by atoms with van der Waals surface area (Å²) < 4.78 is 0.897. The van der Waals surface area contributed by atoms with Gasteiger partial charge in [-0.25, -0.2) is 0 Å². The highest BCUT2D eigenvalue weighted by Crippen LogP contribution is 2.19. The lowest BCUT2D eigenvalue weighted by atomic mass is 10.1. The average Bonchev–Trinajstić information content (AvgIpc) is 1.84. The number of hydrogen-bond acceptors (Lipinski definition) is 2. The molecule has 1 rings (SSSR count). The van der Waals surface area contributed by atoms with E-state index < -0.39 is 0 Å². The molecule has 0 atom stereocenters. The average molecular weight is 199 g/mol. The van der Waals surface area contributed by atoms with Crippen LogP contribution in [0.3, 0.4) is 0 Å². The van der Waals surface area contributed by atoms with Crippen molar-refractivity contribution in [1.29, 1.82) is 10.8 Å². The van der Waals surface area contributed by atoms with Gasteiger partial charge in [0.1, 0.15) is 0 Å². The Bertz CT molecular complexity index is 233. The van der Waals surface area contributed by atoms with Crippen molar-refractivity contribution < 1.29 is 0 Å². The summed E-state index contributed by atoms with van der Waals surface area (Å²) in [6.45, 7) is 1.90. The van der Waals surface area contributed by atoms with Gasteiger partial charge in [-0.2, -0.15) is 0 Å². The van der Waals surface area contributed by atoms with Gasteiger partial charge in [-0.1, -0.05) is 15.9 Å². The van der Waals surface area contributed by atoms with Crippen LogP contribution in [0, 0.1) is 10.8 Å². The molecule has 0 saturated carbocycles. The molecule has 0 aliphatic heterocycles. The molecule has 0 radical (unpaired) electrons. The van der Waals surface area contributed by atoms with Gasteiger partial charge in [0.25, 0.3) is 0 Å². The third-order valence-corrected chi connectivity index (χ3v) is 2.15. The monoisotopic (exact) mass is 198 g/mol. The first-order valence-corrected chi connectivity index (χ1v) is 3.64. The Morgan fingerprint density at radius 3 is 2.20 bits per heavy atom. The van der Waals surface area contributed by atoms with Crippen LogP contribution in [-0.2, 0) is 0 Å². The zero-order valence-corrected chi connectivity index (χ0v) is 7.12. The minimum atomic E-state index is 0.262. The van der Waals surface area contributed by atoms with E-state index in [2.05, 4.69) is 15.9 Å². The lowest BCUT2D eigenvalue weighted by Gasteiger charge is -2.07. The van der Waals surface area contributed by atoms with E-state index >= 15 is 0 Å². The van der Waals surface area contributed by atoms with E-state index in [0.29, 0.717) is 0 Å². The molecule has 0 saturated heterocycles. The Kier molecular flexibility index (Phi) is 1.85. The Hall–Kier alpha value is -0.700. The highest BCUT2D eigenvalue weighted by Gasteiger charge is 2.08. The van der Waals surface area contributed by atoms with Gasteiger partial charge in [0.05, 0.1) is 11.4 Å². The van der Waals surface area contributed by atoms with E-state index in [1.165, 1.54) is 0 Å². The van der Waals surface area contributed by atoms with Crippen LogP contribution in [0.5, 0.6) is 0 Å². The molecule has 3 heteroatoms. The number of hydrogen-bond donors (Lipinski definition) is 2. The fourth-order valence-corrected chi connectivity index (χ4v) is 1.02. The second-order valence-electron chi connectivity index (χ2n) is 2.15. The van der Waals surface area contributed by atoms with Gasteiger partial charge in [0.15, 0.2) is 0 Å². The maximum absolute atomic E-state index is 7.25. The van der Waals surface area contributed by atoms with Gasteiger partial charge >= 0.3 is 0 Å². The molecule has 0 amide bonds. The standard InChI is InChI=1S/C7H7BrN2/c1-4-2-6(9)7(10)3-5(4)8/h2-3,9-10H,1H3. The summed E-state index contributed by atoms with van der Waals surface area (Å²) in [5.74, 6) is 0. The summed E-state index contributed by atoms with van der Waals surface area (Å²) >= 11 is 3.28. The SMILES string of the molecule is CC1=CC(=N)C(=N)C=C1Br. The summed E-state index contributed by atoms with van der Waals surface area (Å²) in [6.07, 6.45) is 3.31.